The van der Waals surface area contributed by atoms with Gasteiger partial charge in [-0.05, 0) is 36.2 Å². The lowest BCUT2D eigenvalue weighted by Gasteiger charge is -2.31. The number of hydrogen-bond donors (Lipinski definition) is 1. The molecule has 1 aliphatic rings. The molecule has 0 spiro atoms. The van der Waals surface area contributed by atoms with Crippen LogP contribution in [0.4, 0.5) is 0 Å². The molecular weight excluding hydrogens is 258 g/mol. The van der Waals surface area contributed by atoms with E-state index in [1.807, 2.05) is 30.3 Å². The van der Waals surface area contributed by atoms with Crippen LogP contribution >= 0.6 is 11.6 Å². The lowest BCUT2D eigenvalue weighted by Crippen LogP contribution is -2.24. The van der Waals surface area contributed by atoms with Gasteiger partial charge in [-0.15, -0.1) is 0 Å². The molecule has 98 valence electrons. The summed E-state index contributed by atoms with van der Waals surface area (Å²) in [6.07, 6.45) is 0.794. The van der Waals surface area contributed by atoms with Gasteiger partial charge < -0.3 is 10.5 Å². The average molecular weight is 274 g/mol. The minimum absolute atomic E-state index is 0.0184. The van der Waals surface area contributed by atoms with E-state index < -0.39 is 0 Å². The van der Waals surface area contributed by atoms with E-state index in [2.05, 4.69) is 19.1 Å². The molecule has 0 bridgehead atoms. The van der Waals surface area contributed by atoms with Crippen LogP contribution in [-0.2, 0) is 0 Å². The zero-order valence-corrected chi connectivity index (χ0v) is 11.5. The quantitative estimate of drug-likeness (QED) is 0.846. The fourth-order valence-electron chi connectivity index (χ4n) is 2.61. The fourth-order valence-corrected chi connectivity index (χ4v) is 2.79. The Morgan fingerprint density at radius 2 is 1.95 bits per heavy atom. The van der Waals surface area contributed by atoms with Crippen molar-refractivity contribution in [2.24, 2.45) is 5.73 Å². The summed E-state index contributed by atoms with van der Waals surface area (Å²) < 4.78 is 6.09. The SMILES string of the molecule is Cc1ccccc1C1C[C@@H](N)c2cc(Cl)ccc2O1. The van der Waals surface area contributed by atoms with Crippen molar-refractivity contribution in [1.29, 1.82) is 0 Å². The number of aryl methyl sites for hydroxylation is 1. The van der Waals surface area contributed by atoms with Gasteiger partial charge in [-0.3, -0.25) is 0 Å². The third kappa shape index (κ3) is 2.34. The zero-order valence-electron chi connectivity index (χ0n) is 10.8. The van der Waals surface area contributed by atoms with E-state index in [0.717, 1.165) is 17.7 Å². The predicted molar refractivity (Wildman–Crippen MR) is 77.5 cm³/mol. The van der Waals surface area contributed by atoms with Crippen LogP contribution < -0.4 is 10.5 Å². The van der Waals surface area contributed by atoms with E-state index in [4.69, 9.17) is 22.1 Å². The van der Waals surface area contributed by atoms with Gasteiger partial charge in [-0.1, -0.05) is 35.9 Å². The molecule has 0 saturated heterocycles. The summed E-state index contributed by atoms with van der Waals surface area (Å²) >= 11 is 6.01. The molecule has 1 heterocycles. The molecule has 0 radical (unpaired) electrons. The molecule has 2 N–H and O–H groups in total. The van der Waals surface area contributed by atoms with E-state index in [0.29, 0.717) is 5.02 Å². The first-order valence-electron chi connectivity index (χ1n) is 6.42. The second-order valence-corrected chi connectivity index (χ2v) is 5.42. The normalized spacial score (nSPS) is 21.6. The number of halogens is 1. The molecule has 2 atom stereocenters. The average Bonchev–Trinajstić information content (AvgIpc) is 2.40. The Bertz CT molecular complexity index is 611. The Morgan fingerprint density at radius 3 is 2.74 bits per heavy atom. The lowest BCUT2D eigenvalue weighted by molar-refractivity contribution is 0.161. The van der Waals surface area contributed by atoms with Crippen LogP contribution in [0.15, 0.2) is 42.5 Å². The first-order valence-corrected chi connectivity index (χ1v) is 6.80. The number of ether oxygens (including phenoxy) is 1. The van der Waals surface area contributed by atoms with Gasteiger partial charge in [0.2, 0.25) is 0 Å². The monoisotopic (exact) mass is 273 g/mol. The zero-order chi connectivity index (χ0) is 13.4. The summed E-state index contributed by atoms with van der Waals surface area (Å²) in [6.45, 7) is 2.10. The third-order valence-electron chi connectivity index (χ3n) is 3.64. The Kier molecular flexibility index (Phi) is 3.21. The molecule has 0 aromatic heterocycles. The molecule has 1 unspecified atom stereocenters. The van der Waals surface area contributed by atoms with Crippen molar-refractivity contribution in [3.05, 3.63) is 64.2 Å². The molecule has 2 aromatic carbocycles. The maximum absolute atomic E-state index is 6.25. The van der Waals surface area contributed by atoms with E-state index >= 15 is 0 Å². The molecule has 1 aliphatic heterocycles. The van der Waals surface area contributed by atoms with Crippen LogP contribution in [0.1, 0.15) is 35.3 Å². The molecule has 2 nitrogen and oxygen atoms in total. The van der Waals surface area contributed by atoms with Gasteiger partial charge in [0.05, 0.1) is 0 Å². The number of rotatable bonds is 1. The summed E-state index contributed by atoms with van der Waals surface area (Å²) in [4.78, 5) is 0. The summed E-state index contributed by atoms with van der Waals surface area (Å²) in [5.41, 5.74) is 9.69. The number of benzene rings is 2. The second-order valence-electron chi connectivity index (χ2n) is 4.99. The topological polar surface area (TPSA) is 35.2 Å². The minimum atomic E-state index is -0.0351. The molecule has 2 aromatic rings. The first-order chi connectivity index (χ1) is 9.15. The van der Waals surface area contributed by atoms with E-state index in [1.165, 1.54) is 11.1 Å². The lowest BCUT2D eigenvalue weighted by atomic mass is 9.92. The number of fused-ring (bicyclic) bond motifs is 1. The highest BCUT2D eigenvalue weighted by Gasteiger charge is 2.27. The number of hydrogen-bond acceptors (Lipinski definition) is 2. The van der Waals surface area contributed by atoms with Crippen molar-refractivity contribution >= 4 is 11.6 Å². The molecule has 0 fully saturated rings. The van der Waals surface area contributed by atoms with Gasteiger partial charge in [0.1, 0.15) is 11.9 Å². The predicted octanol–water partition coefficient (Wildman–Crippen LogP) is 4.17. The Labute approximate surface area is 118 Å². The van der Waals surface area contributed by atoms with Crippen molar-refractivity contribution < 1.29 is 4.74 Å². The van der Waals surface area contributed by atoms with Gasteiger partial charge in [-0.2, -0.15) is 0 Å². The van der Waals surface area contributed by atoms with Crippen LogP contribution in [0, 0.1) is 6.92 Å². The molecule has 0 saturated carbocycles. The van der Waals surface area contributed by atoms with Crippen molar-refractivity contribution in [3.8, 4) is 5.75 Å². The van der Waals surface area contributed by atoms with Crippen molar-refractivity contribution in [2.45, 2.75) is 25.5 Å². The van der Waals surface area contributed by atoms with Gasteiger partial charge in [-0.25, -0.2) is 0 Å². The van der Waals surface area contributed by atoms with Crippen LogP contribution in [0.25, 0.3) is 0 Å². The van der Waals surface area contributed by atoms with Gasteiger partial charge in [0, 0.05) is 23.0 Å². The maximum Gasteiger partial charge on any atom is 0.126 e. The highest BCUT2D eigenvalue weighted by atomic mass is 35.5. The van der Waals surface area contributed by atoms with Crippen LogP contribution in [0.2, 0.25) is 5.02 Å². The van der Waals surface area contributed by atoms with Gasteiger partial charge in [0.15, 0.2) is 0 Å². The molecular formula is C16H16ClNO. The summed E-state index contributed by atoms with van der Waals surface area (Å²) in [5.74, 6) is 0.844. The van der Waals surface area contributed by atoms with Crippen LogP contribution in [0.5, 0.6) is 5.75 Å². The highest BCUT2D eigenvalue weighted by molar-refractivity contribution is 6.30. The van der Waals surface area contributed by atoms with Crippen LogP contribution in [-0.4, -0.2) is 0 Å². The Hall–Kier alpha value is -1.51. The second kappa shape index (κ2) is 4.87. The fraction of sp³-hybridized carbons (Fsp3) is 0.250. The van der Waals surface area contributed by atoms with E-state index in [-0.39, 0.29) is 12.1 Å². The van der Waals surface area contributed by atoms with Crippen molar-refractivity contribution in [1.82, 2.24) is 0 Å². The molecule has 3 rings (SSSR count). The largest absolute Gasteiger partial charge is 0.485 e. The van der Waals surface area contributed by atoms with Crippen molar-refractivity contribution in [3.63, 3.8) is 0 Å². The highest BCUT2D eigenvalue weighted by Crippen LogP contribution is 2.41. The van der Waals surface area contributed by atoms with Crippen LogP contribution in [0.3, 0.4) is 0 Å². The first kappa shape index (κ1) is 12.5. The Morgan fingerprint density at radius 1 is 1.16 bits per heavy atom. The maximum atomic E-state index is 6.25. The van der Waals surface area contributed by atoms with Gasteiger partial charge in [0.25, 0.3) is 0 Å². The minimum Gasteiger partial charge on any atom is -0.485 e. The van der Waals surface area contributed by atoms with E-state index in [1.54, 1.807) is 0 Å². The molecule has 3 heteroatoms. The van der Waals surface area contributed by atoms with E-state index in [9.17, 15) is 0 Å². The van der Waals surface area contributed by atoms with Crippen molar-refractivity contribution in [2.75, 3.05) is 0 Å². The Balaban J connectivity index is 1.97. The van der Waals surface area contributed by atoms with Gasteiger partial charge >= 0.3 is 0 Å². The smallest absolute Gasteiger partial charge is 0.126 e. The molecule has 0 amide bonds. The molecule has 0 aliphatic carbocycles. The summed E-state index contributed by atoms with van der Waals surface area (Å²) in [6, 6.07) is 13.9. The summed E-state index contributed by atoms with van der Waals surface area (Å²) in [7, 11) is 0. The molecule has 19 heavy (non-hydrogen) atoms. The number of nitrogens with two attached hydrogens (primary N) is 1. The standard InChI is InChI=1S/C16H16ClNO/c1-10-4-2-3-5-12(10)16-9-14(18)13-8-11(17)6-7-15(13)19-16/h2-8,14,16H,9,18H2,1H3/t14-,16?/m1/s1. The third-order valence-corrected chi connectivity index (χ3v) is 3.88. The summed E-state index contributed by atoms with van der Waals surface area (Å²) in [5, 5.41) is 0.701.